The second-order valence-electron chi connectivity index (χ2n) is 9.05. The van der Waals surface area contributed by atoms with Crippen molar-refractivity contribution in [2.24, 2.45) is 5.10 Å². The fourth-order valence-corrected chi connectivity index (χ4v) is 4.16. The number of amides is 1. The molecule has 1 aliphatic heterocycles. The number of carbonyl (C=O) groups excluding carboxylic acids is 2. The molecule has 9 heteroatoms. The van der Waals surface area contributed by atoms with Gasteiger partial charge in [0.2, 0.25) is 0 Å². The molecule has 176 valence electrons. The lowest BCUT2D eigenvalue weighted by atomic mass is 10.1. The molecule has 0 aliphatic carbocycles. The quantitative estimate of drug-likeness (QED) is 0.623. The third-order valence-corrected chi connectivity index (χ3v) is 5.63. The first-order chi connectivity index (χ1) is 15.4. The van der Waals surface area contributed by atoms with E-state index in [1.54, 1.807) is 45.0 Å². The van der Waals surface area contributed by atoms with Gasteiger partial charge < -0.3 is 10.1 Å². The first kappa shape index (κ1) is 24.4. The fourth-order valence-electron chi connectivity index (χ4n) is 3.36. The summed E-state index contributed by atoms with van der Waals surface area (Å²) in [7, 11) is -3.11. The molecule has 0 saturated carbocycles. The monoisotopic (exact) mass is 471 g/mol. The van der Waals surface area contributed by atoms with Gasteiger partial charge >= 0.3 is 5.97 Å². The van der Waals surface area contributed by atoms with E-state index in [2.05, 4.69) is 10.4 Å². The topological polar surface area (TPSA) is 105 Å². The Balaban J connectivity index is 1.69. The number of carbonyl (C=O) groups is 2. The summed E-state index contributed by atoms with van der Waals surface area (Å²) in [5.41, 5.74) is 1.78. The van der Waals surface area contributed by atoms with Crippen LogP contribution >= 0.6 is 0 Å². The highest BCUT2D eigenvalue weighted by Crippen LogP contribution is 2.26. The zero-order chi connectivity index (χ0) is 24.2. The first-order valence-electron chi connectivity index (χ1n) is 10.6. The van der Waals surface area contributed by atoms with Crippen molar-refractivity contribution in [3.05, 3.63) is 65.7 Å². The predicted molar refractivity (Wildman–Crippen MR) is 127 cm³/mol. The number of nitrogens with one attached hydrogen (secondary N) is 1. The standard InChI is InChI=1S/C24H29N3O5S/c1-24(2,3)32-23(29)21-14-20(26-27(21)19-8-6-5-7-9-19)22(28)25-15-17-10-12-18(13-11-17)16-33(4,30)31/h5-13,21H,14-16H2,1-4H3,(H,25,28). The van der Waals surface area contributed by atoms with E-state index in [-0.39, 0.29) is 30.3 Å². The normalized spacial score (nSPS) is 16.3. The molecular weight excluding hydrogens is 442 g/mol. The van der Waals surface area contributed by atoms with E-state index in [0.717, 1.165) is 5.56 Å². The Bertz CT molecular complexity index is 1140. The van der Waals surface area contributed by atoms with Crippen molar-refractivity contribution >= 4 is 33.1 Å². The van der Waals surface area contributed by atoms with Gasteiger partial charge in [0.05, 0.1) is 11.4 Å². The van der Waals surface area contributed by atoms with E-state index in [4.69, 9.17) is 4.74 Å². The summed E-state index contributed by atoms with van der Waals surface area (Å²) in [6.07, 6.45) is 1.32. The van der Waals surface area contributed by atoms with Crippen molar-refractivity contribution in [1.82, 2.24) is 5.32 Å². The van der Waals surface area contributed by atoms with Gasteiger partial charge in [-0.15, -0.1) is 0 Å². The van der Waals surface area contributed by atoms with Gasteiger partial charge in [-0.2, -0.15) is 5.10 Å². The van der Waals surface area contributed by atoms with E-state index in [0.29, 0.717) is 11.3 Å². The van der Waals surface area contributed by atoms with Crippen molar-refractivity contribution < 1.29 is 22.7 Å². The maximum Gasteiger partial charge on any atom is 0.331 e. The van der Waals surface area contributed by atoms with Crippen LogP contribution in [0, 0.1) is 0 Å². The van der Waals surface area contributed by atoms with Crippen LogP contribution in [0.5, 0.6) is 0 Å². The van der Waals surface area contributed by atoms with E-state index in [1.807, 2.05) is 30.3 Å². The Labute approximate surface area is 194 Å². The van der Waals surface area contributed by atoms with Gasteiger partial charge in [0.1, 0.15) is 11.3 Å². The van der Waals surface area contributed by atoms with Crippen LogP contribution in [0.15, 0.2) is 59.7 Å². The average molecular weight is 472 g/mol. The molecule has 1 amide bonds. The molecule has 33 heavy (non-hydrogen) atoms. The van der Waals surface area contributed by atoms with Gasteiger partial charge in [-0.1, -0.05) is 42.5 Å². The Morgan fingerprint density at radius 1 is 1.06 bits per heavy atom. The van der Waals surface area contributed by atoms with Crippen LogP contribution in [0.2, 0.25) is 0 Å². The van der Waals surface area contributed by atoms with E-state index in [1.165, 1.54) is 11.3 Å². The largest absolute Gasteiger partial charge is 0.458 e. The average Bonchev–Trinajstić information content (AvgIpc) is 3.17. The summed E-state index contributed by atoms with van der Waals surface area (Å²) in [6, 6.07) is 15.4. The third kappa shape index (κ3) is 7.15. The minimum absolute atomic E-state index is 0.0299. The summed E-state index contributed by atoms with van der Waals surface area (Å²) in [5.74, 6) is -0.848. The molecule has 0 fully saturated rings. The second-order valence-corrected chi connectivity index (χ2v) is 11.2. The summed E-state index contributed by atoms with van der Waals surface area (Å²) in [5, 5.41) is 8.78. The van der Waals surface area contributed by atoms with E-state index in [9.17, 15) is 18.0 Å². The van der Waals surface area contributed by atoms with Gasteiger partial charge in [0.25, 0.3) is 5.91 Å². The zero-order valence-corrected chi connectivity index (χ0v) is 20.1. The molecule has 0 saturated heterocycles. The number of ether oxygens (including phenoxy) is 1. The third-order valence-electron chi connectivity index (χ3n) is 4.78. The maximum atomic E-state index is 12.8. The molecule has 1 unspecified atom stereocenters. The summed E-state index contributed by atoms with van der Waals surface area (Å²) < 4.78 is 28.4. The highest BCUT2D eigenvalue weighted by atomic mass is 32.2. The molecule has 2 aromatic rings. The number of esters is 1. The second kappa shape index (κ2) is 9.74. The molecule has 0 bridgehead atoms. The van der Waals surface area contributed by atoms with Crippen LogP contribution in [0.1, 0.15) is 38.3 Å². The van der Waals surface area contributed by atoms with Gasteiger partial charge in [-0.25, -0.2) is 13.2 Å². The number of benzene rings is 2. The molecule has 8 nitrogen and oxygen atoms in total. The number of sulfone groups is 1. The summed E-state index contributed by atoms with van der Waals surface area (Å²) in [4.78, 5) is 25.6. The van der Waals surface area contributed by atoms with Crippen LogP contribution in [-0.4, -0.2) is 43.9 Å². The smallest absolute Gasteiger partial charge is 0.331 e. The SMILES string of the molecule is CC(C)(C)OC(=O)C1CC(C(=O)NCc2ccc(CS(C)(=O)=O)cc2)=NN1c1ccccc1. The molecule has 1 N–H and O–H groups in total. The Morgan fingerprint density at radius 3 is 2.24 bits per heavy atom. The highest BCUT2D eigenvalue weighted by molar-refractivity contribution is 7.89. The lowest BCUT2D eigenvalue weighted by Crippen LogP contribution is -2.40. The fraction of sp³-hybridized carbons (Fsp3) is 0.375. The molecular formula is C24H29N3O5S. The molecule has 0 aromatic heterocycles. The zero-order valence-electron chi connectivity index (χ0n) is 19.2. The molecule has 0 spiro atoms. The molecule has 1 heterocycles. The number of hydrogen-bond donors (Lipinski definition) is 1. The van der Waals surface area contributed by atoms with Crippen molar-refractivity contribution in [2.45, 2.75) is 51.1 Å². The van der Waals surface area contributed by atoms with Crippen LogP contribution in [0.3, 0.4) is 0 Å². The van der Waals surface area contributed by atoms with E-state index >= 15 is 0 Å². The number of anilines is 1. The minimum atomic E-state index is -3.11. The van der Waals surface area contributed by atoms with Crippen LogP contribution in [-0.2, 0) is 36.5 Å². The van der Waals surface area contributed by atoms with Crippen molar-refractivity contribution in [3.63, 3.8) is 0 Å². The Morgan fingerprint density at radius 2 is 1.67 bits per heavy atom. The summed E-state index contributed by atoms with van der Waals surface area (Å²) >= 11 is 0. The lowest BCUT2D eigenvalue weighted by Gasteiger charge is -2.26. The highest BCUT2D eigenvalue weighted by Gasteiger charge is 2.38. The number of para-hydroxylation sites is 1. The van der Waals surface area contributed by atoms with Gasteiger partial charge in [0.15, 0.2) is 15.9 Å². The molecule has 1 atom stereocenters. The number of hydrogen-bond acceptors (Lipinski definition) is 7. The lowest BCUT2D eigenvalue weighted by molar-refractivity contribution is -0.156. The maximum absolute atomic E-state index is 12.8. The van der Waals surface area contributed by atoms with Gasteiger partial charge in [-0.3, -0.25) is 9.80 Å². The minimum Gasteiger partial charge on any atom is -0.458 e. The summed E-state index contributed by atoms with van der Waals surface area (Å²) in [6.45, 7) is 5.63. The van der Waals surface area contributed by atoms with Crippen molar-refractivity contribution in [1.29, 1.82) is 0 Å². The van der Waals surface area contributed by atoms with Crippen molar-refractivity contribution in [2.75, 3.05) is 11.3 Å². The Hall–Kier alpha value is -3.20. The number of hydrazone groups is 1. The van der Waals surface area contributed by atoms with E-state index < -0.39 is 27.4 Å². The molecule has 1 aliphatic rings. The predicted octanol–water partition coefficient (Wildman–Crippen LogP) is 2.82. The molecule has 0 radical (unpaired) electrons. The molecule has 2 aromatic carbocycles. The van der Waals surface area contributed by atoms with Crippen molar-refractivity contribution in [3.8, 4) is 0 Å². The Kier molecular flexibility index (Phi) is 7.22. The van der Waals surface area contributed by atoms with Gasteiger partial charge in [0, 0.05) is 19.2 Å². The first-order valence-corrected chi connectivity index (χ1v) is 12.7. The molecule has 3 rings (SSSR count). The van der Waals surface area contributed by atoms with Crippen LogP contribution in [0.25, 0.3) is 0 Å². The number of nitrogens with zero attached hydrogens (tertiary/aromatic N) is 2. The van der Waals surface area contributed by atoms with Crippen LogP contribution < -0.4 is 10.3 Å². The number of rotatable bonds is 7. The van der Waals surface area contributed by atoms with Gasteiger partial charge in [-0.05, 0) is 44.0 Å². The van der Waals surface area contributed by atoms with Crippen LogP contribution in [0.4, 0.5) is 5.69 Å².